The van der Waals surface area contributed by atoms with Gasteiger partial charge in [0.2, 0.25) is 0 Å². The molecule has 6 heteroatoms. The summed E-state index contributed by atoms with van der Waals surface area (Å²) in [5, 5.41) is 0. The van der Waals surface area contributed by atoms with Crippen LogP contribution in [0.1, 0.15) is 43.6 Å². The number of furan rings is 1. The highest BCUT2D eigenvalue weighted by atomic mass is 32.2. The molecule has 1 heterocycles. The fraction of sp³-hybridized carbons (Fsp3) is 0.714. The van der Waals surface area contributed by atoms with E-state index in [9.17, 15) is 8.42 Å². The van der Waals surface area contributed by atoms with Crippen molar-refractivity contribution in [2.45, 2.75) is 51.6 Å². The summed E-state index contributed by atoms with van der Waals surface area (Å²) in [6, 6.07) is 3.80. The van der Waals surface area contributed by atoms with Gasteiger partial charge in [-0.2, -0.15) is 17.0 Å². The van der Waals surface area contributed by atoms with Crippen molar-refractivity contribution >= 4 is 10.2 Å². The number of hydrogen-bond acceptors (Lipinski definition) is 3. The van der Waals surface area contributed by atoms with Crippen molar-refractivity contribution in [1.82, 2.24) is 8.61 Å². The average molecular weight is 300 g/mol. The van der Waals surface area contributed by atoms with Crippen LogP contribution in [0.2, 0.25) is 0 Å². The predicted molar refractivity (Wildman–Crippen MR) is 78.5 cm³/mol. The van der Waals surface area contributed by atoms with Crippen LogP contribution in [0.4, 0.5) is 0 Å². The van der Waals surface area contributed by atoms with E-state index in [0.717, 1.165) is 31.4 Å². The first kappa shape index (κ1) is 15.5. The number of rotatable bonds is 5. The molecule has 0 bridgehead atoms. The highest BCUT2D eigenvalue weighted by Crippen LogP contribution is 2.25. The van der Waals surface area contributed by atoms with Gasteiger partial charge in [0.15, 0.2) is 0 Å². The quantitative estimate of drug-likeness (QED) is 0.839. The van der Waals surface area contributed by atoms with E-state index in [4.69, 9.17) is 4.42 Å². The molecule has 0 unspecified atom stereocenters. The van der Waals surface area contributed by atoms with E-state index in [1.807, 2.05) is 19.1 Å². The average Bonchev–Trinajstić information content (AvgIpc) is 2.84. The van der Waals surface area contributed by atoms with E-state index in [0.29, 0.717) is 5.76 Å². The Hall–Kier alpha value is -0.850. The lowest BCUT2D eigenvalue weighted by atomic mass is 9.96. The third-order valence-corrected chi connectivity index (χ3v) is 5.96. The van der Waals surface area contributed by atoms with Gasteiger partial charge in [0, 0.05) is 20.1 Å². The van der Waals surface area contributed by atoms with Crippen molar-refractivity contribution in [2.75, 3.05) is 14.1 Å². The standard InChI is InChI=1S/C14H24N2O3S/c1-12-9-10-14(19-12)11-15(2)20(17,18)16(3)13-7-5-4-6-8-13/h9-10,13H,4-8,11H2,1-3H3. The second kappa shape index (κ2) is 6.28. The lowest BCUT2D eigenvalue weighted by Gasteiger charge is -2.32. The molecule has 0 radical (unpaired) electrons. The normalized spacial score (nSPS) is 18.1. The summed E-state index contributed by atoms with van der Waals surface area (Å²) in [6.07, 6.45) is 5.37. The molecule has 114 valence electrons. The van der Waals surface area contributed by atoms with Gasteiger partial charge in [0.1, 0.15) is 11.5 Å². The molecule has 0 atom stereocenters. The van der Waals surface area contributed by atoms with E-state index in [1.165, 1.54) is 15.0 Å². The van der Waals surface area contributed by atoms with Crippen LogP contribution in [-0.4, -0.2) is 37.2 Å². The van der Waals surface area contributed by atoms with Crippen molar-refractivity contribution in [1.29, 1.82) is 0 Å². The third kappa shape index (κ3) is 3.42. The molecule has 0 aliphatic heterocycles. The van der Waals surface area contributed by atoms with Gasteiger partial charge in [-0.1, -0.05) is 19.3 Å². The summed E-state index contributed by atoms with van der Waals surface area (Å²) in [5.74, 6) is 1.47. The Morgan fingerprint density at radius 1 is 1.20 bits per heavy atom. The molecule has 0 amide bonds. The summed E-state index contributed by atoms with van der Waals surface area (Å²) in [4.78, 5) is 0. The molecule has 1 aliphatic rings. The van der Waals surface area contributed by atoms with Crippen molar-refractivity contribution in [3.63, 3.8) is 0 Å². The van der Waals surface area contributed by atoms with Gasteiger partial charge in [-0.25, -0.2) is 0 Å². The van der Waals surface area contributed by atoms with Crippen molar-refractivity contribution in [2.24, 2.45) is 0 Å². The monoisotopic (exact) mass is 300 g/mol. The van der Waals surface area contributed by atoms with Gasteiger partial charge < -0.3 is 4.42 Å². The molecule has 1 aromatic rings. The van der Waals surface area contributed by atoms with Crippen LogP contribution in [-0.2, 0) is 16.8 Å². The van der Waals surface area contributed by atoms with Crippen LogP contribution in [0, 0.1) is 6.92 Å². The molecule has 0 spiro atoms. The second-order valence-electron chi connectivity index (χ2n) is 5.58. The topological polar surface area (TPSA) is 53.8 Å². The molecule has 1 aromatic heterocycles. The Morgan fingerprint density at radius 2 is 1.85 bits per heavy atom. The molecule has 0 saturated heterocycles. The van der Waals surface area contributed by atoms with E-state index < -0.39 is 10.2 Å². The van der Waals surface area contributed by atoms with Crippen LogP contribution in [0.3, 0.4) is 0 Å². The fourth-order valence-electron chi connectivity index (χ4n) is 2.72. The van der Waals surface area contributed by atoms with Crippen LogP contribution in [0.25, 0.3) is 0 Å². The first-order chi connectivity index (χ1) is 9.41. The Labute approximate surface area is 121 Å². The lowest BCUT2D eigenvalue weighted by molar-refractivity contribution is 0.265. The van der Waals surface area contributed by atoms with Gasteiger partial charge in [0.05, 0.1) is 6.54 Å². The molecule has 0 aromatic carbocycles. The van der Waals surface area contributed by atoms with Crippen LogP contribution in [0.5, 0.6) is 0 Å². The molecule has 2 rings (SSSR count). The predicted octanol–water partition coefficient (Wildman–Crippen LogP) is 2.53. The zero-order valence-corrected chi connectivity index (χ0v) is 13.3. The first-order valence-corrected chi connectivity index (χ1v) is 8.55. The second-order valence-corrected chi connectivity index (χ2v) is 7.68. The third-order valence-electron chi connectivity index (χ3n) is 4.02. The Balaban J connectivity index is 2.04. The summed E-state index contributed by atoms with van der Waals surface area (Å²) in [5.41, 5.74) is 0. The lowest BCUT2D eigenvalue weighted by Crippen LogP contribution is -2.45. The summed E-state index contributed by atoms with van der Waals surface area (Å²) >= 11 is 0. The fourth-order valence-corrected chi connectivity index (χ4v) is 4.04. The molecular formula is C14H24N2O3S. The van der Waals surface area contributed by atoms with Gasteiger partial charge in [-0.05, 0) is 31.9 Å². The number of hydrogen-bond donors (Lipinski definition) is 0. The van der Waals surface area contributed by atoms with E-state index in [2.05, 4.69) is 0 Å². The summed E-state index contributed by atoms with van der Waals surface area (Å²) < 4.78 is 33.4. The Morgan fingerprint density at radius 3 is 2.40 bits per heavy atom. The largest absolute Gasteiger partial charge is 0.465 e. The van der Waals surface area contributed by atoms with Crippen LogP contribution in [0.15, 0.2) is 16.5 Å². The Bertz CT molecular complexity index is 532. The maximum Gasteiger partial charge on any atom is 0.282 e. The molecule has 0 N–H and O–H groups in total. The van der Waals surface area contributed by atoms with Gasteiger partial charge in [-0.3, -0.25) is 0 Å². The zero-order chi connectivity index (χ0) is 14.8. The van der Waals surface area contributed by atoms with Gasteiger partial charge in [0.25, 0.3) is 10.2 Å². The van der Waals surface area contributed by atoms with E-state index in [-0.39, 0.29) is 12.6 Å². The van der Waals surface area contributed by atoms with E-state index >= 15 is 0 Å². The van der Waals surface area contributed by atoms with Crippen molar-refractivity contribution < 1.29 is 12.8 Å². The molecule has 1 saturated carbocycles. The van der Waals surface area contributed by atoms with Crippen molar-refractivity contribution in [3.05, 3.63) is 23.7 Å². The highest BCUT2D eigenvalue weighted by molar-refractivity contribution is 7.86. The minimum absolute atomic E-state index is 0.134. The Kier molecular flexibility index (Phi) is 4.88. The first-order valence-electron chi connectivity index (χ1n) is 7.16. The van der Waals surface area contributed by atoms with Gasteiger partial charge >= 0.3 is 0 Å². The maximum absolute atomic E-state index is 12.6. The minimum Gasteiger partial charge on any atom is -0.465 e. The molecule has 5 nitrogen and oxygen atoms in total. The summed E-state index contributed by atoms with van der Waals surface area (Å²) in [6.45, 7) is 2.12. The van der Waals surface area contributed by atoms with E-state index in [1.54, 1.807) is 14.1 Å². The number of nitrogens with zero attached hydrogens (tertiary/aromatic N) is 2. The van der Waals surface area contributed by atoms with Crippen LogP contribution >= 0.6 is 0 Å². The zero-order valence-electron chi connectivity index (χ0n) is 12.5. The molecule has 1 aliphatic carbocycles. The SMILES string of the molecule is Cc1ccc(CN(C)S(=O)(=O)N(C)C2CCCCC2)o1. The molecule has 20 heavy (non-hydrogen) atoms. The summed E-state index contributed by atoms with van der Waals surface area (Å²) in [7, 11) is -0.128. The van der Waals surface area contributed by atoms with Gasteiger partial charge in [-0.15, -0.1) is 0 Å². The molecule has 1 fully saturated rings. The maximum atomic E-state index is 12.6. The minimum atomic E-state index is -3.42. The number of aryl methyl sites for hydroxylation is 1. The van der Waals surface area contributed by atoms with Crippen LogP contribution < -0.4 is 0 Å². The molecular weight excluding hydrogens is 276 g/mol. The smallest absolute Gasteiger partial charge is 0.282 e. The highest BCUT2D eigenvalue weighted by Gasteiger charge is 2.31. The van der Waals surface area contributed by atoms with Crippen molar-refractivity contribution in [3.8, 4) is 0 Å².